The van der Waals surface area contributed by atoms with E-state index >= 15 is 0 Å². The molecule has 14 heteroatoms. The molecule has 1 amide bonds. The largest absolute Gasteiger partial charge is 0.480 e. The van der Waals surface area contributed by atoms with Gasteiger partial charge in [0.2, 0.25) is 5.91 Å². The molecule has 2 heterocycles. The smallest absolute Gasteiger partial charge is 0.317 e. The molecule has 7 rings (SSSR count). The van der Waals surface area contributed by atoms with Gasteiger partial charge in [-0.1, -0.05) is 39.3 Å². The van der Waals surface area contributed by atoms with E-state index in [1.165, 1.54) is 19.3 Å². The van der Waals surface area contributed by atoms with E-state index in [1.807, 2.05) is 34.1 Å². The van der Waals surface area contributed by atoms with Gasteiger partial charge in [-0.2, -0.15) is 0 Å². The number of hydrogen-bond donors (Lipinski definition) is 6. The summed E-state index contributed by atoms with van der Waals surface area (Å²) in [5.41, 5.74) is 1.86. The highest BCUT2D eigenvalue weighted by molar-refractivity contribution is 5.90. The zero-order valence-corrected chi connectivity index (χ0v) is 35.4. The van der Waals surface area contributed by atoms with Gasteiger partial charge in [0.15, 0.2) is 0 Å². The van der Waals surface area contributed by atoms with E-state index in [9.17, 15) is 39.6 Å². The first-order valence-corrected chi connectivity index (χ1v) is 22.4. The van der Waals surface area contributed by atoms with Crippen LogP contribution in [0.15, 0.2) is 24.3 Å². The van der Waals surface area contributed by atoms with Crippen LogP contribution in [-0.4, -0.2) is 148 Å². The Morgan fingerprint density at radius 2 is 1.49 bits per heavy atom. The molecular formula is C45H69N5O9. The summed E-state index contributed by atoms with van der Waals surface area (Å²) in [6.07, 6.45) is 9.82. The molecule has 0 bridgehead atoms. The average molecular weight is 824 g/mol. The summed E-state index contributed by atoms with van der Waals surface area (Å²) in [7, 11) is 0. The van der Waals surface area contributed by atoms with Crippen molar-refractivity contribution in [1.82, 2.24) is 20.0 Å². The standard InChI is InChI=1S/C45H69N5O9/c1-28-12-13-44(3)31(20-28)22-37(51)43-35-10-9-34(45(35)38(59-45)23-36(43)44)29(2)4-11-39(52)47-32-7-5-30(6-8-32)21-33(46-24-40(53)54)25-48-14-16-49(26-41(55)56)18-19-50(17-15-48)27-42(57)58/h5-8,28-29,31,33-38,43,46,51H,4,9-27H2,1-3H3,(H,47,52)(H,53,54)(H,55,56)(H,57,58). The summed E-state index contributed by atoms with van der Waals surface area (Å²) in [5.74, 6) is 0.513. The van der Waals surface area contributed by atoms with Crippen LogP contribution in [0.25, 0.3) is 0 Å². The van der Waals surface area contributed by atoms with E-state index in [-0.39, 0.29) is 43.3 Å². The predicted octanol–water partition coefficient (Wildman–Crippen LogP) is 3.72. The molecule has 12 atom stereocenters. The van der Waals surface area contributed by atoms with Crippen molar-refractivity contribution in [3.8, 4) is 0 Å². The van der Waals surface area contributed by atoms with Crippen LogP contribution in [0.5, 0.6) is 0 Å². The summed E-state index contributed by atoms with van der Waals surface area (Å²) in [4.78, 5) is 53.6. The number of nitrogens with zero attached hydrogens (tertiary/aromatic N) is 3. The average Bonchev–Trinajstić information content (AvgIpc) is 3.77. The number of aliphatic carboxylic acids is 3. The van der Waals surface area contributed by atoms with Gasteiger partial charge in [0.05, 0.1) is 31.8 Å². The minimum atomic E-state index is -0.971. The lowest BCUT2D eigenvalue weighted by Gasteiger charge is -2.59. The summed E-state index contributed by atoms with van der Waals surface area (Å²) in [6, 6.07) is 7.42. The number of benzene rings is 1. The third-order valence-corrected chi connectivity index (χ3v) is 15.9. The second kappa shape index (κ2) is 18.5. The van der Waals surface area contributed by atoms with Crippen LogP contribution in [0.3, 0.4) is 0 Å². The van der Waals surface area contributed by atoms with Crippen LogP contribution in [0, 0.1) is 46.8 Å². The molecule has 2 aliphatic heterocycles. The number of aliphatic hydroxyl groups excluding tert-OH is 1. The Labute approximate surface area is 349 Å². The number of anilines is 1. The van der Waals surface area contributed by atoms with Gasteiger partial charge in [-0.15, -0.1) is 0 Å². The van der Waals surface area contributed by atoms with Crippen molar-refractivity contribution >= 4 is 29.5 Å². The van der Waals surface area contributed by atoms with Gasteiger partial charge in [0, 0.05) is 64.0 Å². The van der Waals surface area contributed by atoms with Crippen molar-refractivity contribution in [1.29, 1.82) is 0 Å². The number of epoxide rings is 1. The minimum absolute atomic E-state index is 0.0234. The zero-order valence-electron chi connectivity index (χ0n) is 35.4. The lowest BCUT2D eigenvalue weighted by Crippen LogP contribution is -2.58. The molecule has 4 aliphatic carbocycles. The fourth-order valence-corrected chi connectivity index (χ4v) is 12.9. The van der Waals surface area contributed by atoms with Gasteiger partial charge in [0.25, 0.3) is 0 Å². The predicted molar refractivity (Wildman–Crippen MR) is 222 cm³/mol. The second-order valence-corrected chi connectivity index (χ2v) is 19.6. The van der Waals surface area contributed by atoms with E-state index in [0.29, 0.717) is 111 Å². The molecule has 1 aromatic rings. The third kappa shape index (κ3) is 9.99. The van der Waals surface area contributed by atoms with E-state index in [1.54, 1.807) is 0 Å². The molecule has 328 valence electrons. The molecule has 59 heavy (non-hydrogen) atoms. The van der Waals surface area contributed by atoms with Gasteiger partial charge < -0.3 is 35.8 Å². The molecule has 6 fully saturated rings. The zero-order chi connectivity index (χ0) is 42.1. The summed E-state index contributed by atoms with van der Waals surface area (Å²) < 4.78 is 6.78. The minimum Gasteiger partial charge on any atom is -0.480 e. The highest BCUT2D eigenvalue weighted by Gasteiger charge is 2.76. The number of fused-ring (bicyclic) bond motifs is 4. The first kappa shape index (κ1) is 43.9. The number of carbonyl (C=O) groups is 4. The maximum atomic E-state index is 13.3. The maximum Gasteiger partial charge on any atom is 0.317 e. The fourth-order valence-electron chi connectivity index (χ4n) is 12.9. The van der Waals surface area contributed by atoms with Gasteiger partial charge in [-0.3, -0.25) is 33.9 Å². The van der Waals surface area contributed by atoms with Crippen molar-refractivity contribution in [2.45, 2.75) is 109 Å². The number of amides is 1. The Balaban J connectivity index is 0.911. The molecule has 6 N–H and O–H groups in total. The molecule has 6 aliphatic rings. The molecule has 1 spiro atoms. The lowest BCUT2D eigenvalue weighted by atomic mass is 9.45. The molecule has 2 saturated heterocycles. The monoisotopic (exact) mass is 824 g/mol. The first-order chi connectivity index (χ1) is 28.1. The Morgan fingerprint density at radius 1 is 0.847 bits per heavy atom. The van der Waals surface area contributed by atoms with Crippen molar-refractivity contribution < 1.29 is 44.3 Å². The third-order valence-electron chi connectivity index (χ3n) is 15.9. The van der Waals surface area contributed by atoms with Crippen molar-refractivity contribution in [3.63, 3.8) is 0 Å². The van der Waals surface area contributed by atoms with Crippen LogP contribution >= 0.6 is 0 Å². The number of carboxylic acid groups (broad SMARTS) is 3. The summed E-state index contributed by atoms with van der Waals surface area (Å²) in [5, 5.41) is 46.2. The Kier molecular flexibility index (Phi) is 13.7. The van der Waals surface area contributed by atoms with Crippen molar-refractivity contribution in [2.75, 3.05) is 70.8 Å². The Bertz CT molecular complexity index is 1640. The van der Waals surface area contributed by atoms with Crippen molar-refractivity contribution in [2.24, 2.45) is 46.8 Å². The maximum absolute atomic E-state index is 13.3. The molecule has 4 saturated carbocycles. The molecule has 0 aromatic heterocycles. The highest BCUT2D eigenvalue weighted by atomic mass is 16.6. The van der Waals surface area contributed by atoms with Crippen molar-refractivity contribution in [3.05, 3.63) is 29.8 Å². The number of ether oxygens (including phenoxy) is 1. The van der Waals surface area contributed by atoms with Crippen LogP contribution in [0.1, 0.15) is 84.1 Å². The second-order valence-electron chi connectivity index (χ2n) is 19.6. The molecular weight excluding hydrogens is 755 g/mol. The lowest BCUT2D eigenvalue weighted by molar-refractivity contribution is -0.142. The fraction of sp³-hybridized carbons (Fsp3) is 0.778. The van der Waals surface area contributed by atoms with Crippen LogP contribution < -0.4 is 10.6 Å². The van der Waals surface area contributed by atoms with Gasteiger partial charge in [0.1, 0.15) is 5.60 Å². The highest BCUT2D eigenvalue weighted by Crippen LogP contribution is 2.72. The number of carboxylic acids is 3. The van der Waals surface area contributed by atoms with E-state index in [0.717, 1.165) is 43.6 Å². The topological polar surface area (TPSA) is 196 Å². The molecule has 12 unspecified atom stereocenters. The number of hydrogen-bond acceptors (Lipinski definition) is 10. The van der Waals surface area contributed by atoms with E-state index in [4.69, 9.17) is 4.74 Å². The van der Waals surface area contributed by atoms with E-state index in [2.05, 4.69) is 36.3 Å². The number of nitrogens with one attached hydrogen (secondary N) is 2. The van der Waals surface area contributed by atoms with Gasteiger partial charge >= 0.3 is 17.9 Å². The Hall–Kier alpha value is -3.14. The SMILES string of the molecule is CC1CCC2(C)C(C1)CC(O)C1C2CC2OC23C(C(C)CCC(=O)Nc2ccc(CC(CN4CCN(CC(=O)O)CCN(CC(=O)O)CC4)NCC(=O)O)cc2)CCC13. The van der Waals surface area contributed by atoms with Gasteiger partial charge in [-0.25, -0.2) is 0 Å². The summed E-state index contributed by atoms with van der Waals surface area (Å²) in [6.45, 7) is 10.2. The molecule has 0 radical (unpaired) electrons. The van der Waals surface area contributed by atoms with Crippen LogP contribution in [0.2, 0.25) is 0 Å². The number of aliphatic hydroxyl groups is 1. The van der Waals surface area contributed by atoms with E-state index < -0.39 is 17.9 Å². The number of rotatable bonds is 16. The first-order valence-electron chi connectivity index (χ1n) is 22.4. The van der Waals surface area contributed by atoms with Gasteiger partial charge in [-0.05, 0) is 116 Å². The quantitative estimate of drug-likeness (QED) is 0.132. The van der Waals surface area contributed by atoms with Crippen LogP contribution in [-0.2, 0) is 30.3 Å². The molecule has 1 aromatic carbocycles. The van der Waals surface area contributed by atoms with Crippen LogP contribution in [0.4, 0.5) is 5.69 Å². The molecule has 14 nitrogen and oxygen atoms in total. The number of carbonyl (C=O) groups excluding carboxylic acids is 1. The Morgan fingerprint density at radius 3 is 2.12 bits per heavy atom. The summed E-state index contributed by atoms with van der Waals surface area (Å²) >= 11 is 0. The normalized spacial score (nSPS) is 36.0.